The molecule has 0 unspecified atom stereocenters. The van der Waals surface area contributed by atoms with E-state index in [9.17, 15) is 14.4 Å². The summed E-state index contributed by atoms with van der Waals surface area (Å²) in [5, 5.41) is 15.5. The Balaban J connectivity index is 2.29. The van der Waals surface area contributed by atoms with Crippen LogP contribution in [-0.4, -0.2) is 42.8 Å². The Morgan fingerprint density at radius 2 is 2.16 bits per heavy atom. The summed E-state index contributed by atoms with van der Waals surface area (Å²) >= 11 is 1.11. The molecule has 0 radical (unpaired) electrons. The number of hydrogen-bond donors (Lipinski definition) is 4. The fourth-order valence-corrected chi connectivity index (χ4v) is 1.91. The third-order valence-corrected chi connectivity index (χ3v) is 2.73. The summed E-state index contributed by atoms with van der Waals surface area (Å²) in [5.74, 6) is -1.70. The third kappa shape index (κ3) is 5.36. The summed E-state index contributed by atoms with van der Waals surface area (Å²) in [7, 11) is 0. The summed E-state index contributed by atoms with van der Waals surface area (Å²) in [6, 6.07) is 0.853. The van der Waals surface area contributed by atoms with Gasteiger partial charge in [-0.05, 0) is 11.4 Å². The molecule has 0 fully saturated rings. The van der Waals surface area contributed by atoms with Crippen LogP contribution in [0.3, 0.4) is 0 Å². The molecule has 9 heteroatoms. The van der Waals surface area contributed by atoms with Crippen molar-refractivity contribution in [2.24, 2.45) is 5.73 Å². The van der Waals surface area contributed by atoms with Crippen LogP contribution in [0.2, 0.25) is 0 Å². The van der Waals surface area contributed by atoms with E-state index in [4.69, 9.17) is 15.6 Å². The van der Waals surface area contributed by atoms with Crippen LogP contribution in [0.25, 0.3) is 0 Å². The zero-order chi connectivity index (χ0) is 14.3. The molecule has 0 aromatic carbocycles. The number of carbonyl (C=O) groups is 3. The maximum Gasteiger partial charge on any atom is 0.338 e. The minimum absolute atomic E-state index is 0.0325. The molecule has 0 saturated heterocycles. The Bertz CT molecular complexity index is 473. The van der Waals surface area contributed by atoms with E-state index in [0.29, 0.717) is 0 Å². The predicted molar refractivity (Wildman–Crippen MR) is 68.3 cm³/mol. The second-order valence-electron chi connectivity index (χ2n) is 3.37. The smallest absolute Gasteiger partial charge is 0.338 e. The SMILES string of the molecule is NC(=O)COCCNC(=O)Nc1sccc1C(=O)O. The zero-order valence-electron chi connectivity index (χ0n) is 9.84. The van der Waals surface area contributed by atoms with Gasteiger partial charge in [0.1, 0.15) is 11.6 Å². The maximum absolute atomic E-state index is 11.4. The Morgan fingerprint density at radius 3 is 2.79 bits per heavy atom. The topological polar surface area (TPSA) is 131 Å². The number of nitrogens with two attached hydrogens (primary N) is 1. The van der Waals surface area contributed by atoms with Gasteiger partial charge in [0.05, 0.1) is 12.2 Å². The number of ether oxygens (including phenoxy) is 1. The third-order valence-electron chi connectivity index (χ3n) is 1.90. The average molecular weight is 287 g/mol. The van der Waals surface area contributed by atoms with Crippen LogP contribution in [0.1, 0.15) is 10.4 Å². The molecule has 1 heterocycles. The lowest BCUT2D eigenvalue weighted by Crippen LogP contribution is -2.32. The second kappa shape index (κ2) is 7.34. The predicted octanol–water partition coefficient (Wildman–Crippen LogP) is 0.0697. The van der Waals surface area contributed by atoms with Crippen LogP contribution in [-0.2, 0) is 9.53 Å². The van der Waals surface area contributed by atoms with Crippen molar-refractivity contribution in [3.05, 3.63) is 17.0 Å². The first-order valence-corrected chi connectivity index (χ1v) is 6.10. The lowest BCUT2D eigenvalue weighted by atomic mass is 10.3. The van der Waals surface area contributed by atoms with Crippen LogP contribution < -0.4 is 16.4 Å². The van der Waals surface area contributed by atoms with Crippen molar-refractivity contribution in [3.63, 3.8) is 0 Å². The van der Waals surface area contributed by atoms with Gasteiger partial charge < -0.3 is 20.9 Å². The van der Waals surface area contributed by atoms with Crippen LogP contribution in [0.5, 0.6) is 0 Å². The molecular weight excluding hydrogens is 274 g/mol. The van der Waals surface area contributed by atoms with E-state index in [2.05, 4.69) is 10.6 Å². The molecule has 0 atom stereocenters. The number of rotatable bonds is 7. The number of urea groups is 1. The van der Waals surface area contributed by atoms with Gasteiger partial charge in [0.15, 0.2) is 0 Å². The van der Waals surface area contributed by atoms with Gasteiger partial charge in [0.25, 0.3) is 0 Å². The van der Waals surface area contributed by atoms with E-state index < -0.39 is 17.9 Å². The highest BCUT2D eigenvalue weighted by molar-refractivity contribution is 7.14. The molecule has 104 valence electrons. The monoisotopic (exact) mass is 287 g/mol. The quantitative estimate of drug-likeness (QED) is 0.527. The van der Waals surface area contributed by atoms with Crippen molar-refractivity contribution in [1.82, 2.24) is 5.32 Å². The number of carboxylic acids is 1. The Hall–Kier alpha value is -2.13. The first kappa shape index (κ1) is 14.9. The molecule has 0 aliphatic rings. The number of hydrogen-bond acceptors (Lipinski definition) is 5. The van der Waals surface area contributed by atoms with Crippen LogP contribution >= 0.6 is 11.3 Å². The number of thiophene rings is 1. The van der Waals surface area contributed by atoms with E-state index in [1.807, 2.05) is 0 Å². The van der Waals surface area contributed by atoms with Crippen molar-refractivity contribution < 1.29 is 24.2 Å². The number of primary amides is 1. The van der Waals surface area contributed by atoms with Crippen molar-refractivity contribution in [3.8, 4) is 0 Å². The van der Waals surface area contributed by atoms with Gasteiger partial charge >= 0.3 is 12.0 Å². The van der Waals surface area contributed by atoms with Crippen LogP contribution in [0.15, 0.2) is 11.4 Å². The number of aromatic carboxylic acids is 1. The average Bonchev–Trinajstić information content (AvgIpc) is 2.76. The van der Waals surface area contributed by atoms with Gasteiger partial charge in [-0.1, -0.05) is 0 Å². The van der Waals surface area contributed by atoms with E-state index >= 15 is 0 Å². The molecular formula is C10H13N3O5S. The minimum atomic E-state index is -1.11. The second-order valence-corrected chi connectivity index (χ2v) is 4.28. The molecule has 0 aliphatic heterocycles. The molecule has 0 saturated carbocycles. The summed E-state index contributed by atoms with van der Waals surface area (Å²) in [6.07, 6.45) is 0. The van der Waals surface area contributed by atoms with Gasteiger partial charge in [-0.2, -0.15) is 0 Å². The Labute approximate surface area is 112 Å². The van der Waals surface area contributed by atoms with Crippen molar-refractivity contribution in [2.75, 3.05) is 25.1 Å². The van der Waals surface area contributed by atoms with Crippen molar-refractivity contribution in [1.29, 1.82) is 0 Å². The first-order valence-electron chi connectivity index (χ1n) is 5.22. The van der Waals surface area contributed by atoms with Gasteiger partial charge in [0.2, 0.25) is 5.91 Å². The van der Waals surface area contributed by atoms with E-state index in [0.717, 1.165) is 11.3 Å². The highest BCUT2D eigenvalue weighted by atomic mass is 32.1. The molecule has 0 spiro atoms. The summed E-state index contributed by atoms with van der Waals surface area (Å²) in [5.41, 5.74) is 4.88. The summed E-state index contributed by atoms with van der Waals surface area (Å²) in [4.78, 5) is 32.6. The molecule has 0 aliphatic carbocycles. The Morgan fingerprint density at radius 1 is 1.42 bits per heavy atom. The first-order chi connectivity index (χ1) is 9.00. The number of nitrogens with one attached hydrogen (secondary N) is 2. The fourth-order valence-electron chi connectivity index (χ4n) is 1.13. The maximum atomic E-state index is 11.4. The largest absolute Gasteiger partial charge is 0.478 e. The zero-order valence-corrected chi connectivity index (χ0v) is 10.7. The Kier molecular flexibility index (Phi) is 5.76. The van der Waals surface area contributed by atoms with E-state index in [1.165, 1.54) is 6.07 Å². The standard InChI is InChI=1S/C10H13N3O5S/c11-7(14)5-18-3-2-12-10(17)13-8-6(9(15)16)1-4-19-8/h1,4H,2-3,5H2,(H2,11,14)(H,15,16)(H2,12,13,17). The molecule has 3 amide bonds. The lowest BCUT2D eigenvalue weighted by molar-refractivity contribution is -0.122. The molecule has 0 bridgehead atoms. The lowest BCUT2D eigenvalue weighted by Gasteiger charge is -2.06. The van der Waals surface area contributed by atoms with Gasteiger partial charge in [-0.15, -0.1) is 11.3 Å². The molecule has 1 aromatic heterocycles. The number of carbonyl (C=O) groups excluding carboxylic acids is 2. The summed E-state index contributed by atoms with van der Waals surface area (Å²) in [6.45, 7) is 0.0941. The number of carboxylic acid groups (broad SMARTS) is 1. The minimum Gasteiger partial charge on any atom is -0.478 e. The molecule has 5 N–H and O–H groups in total. The molecule has 1 rings (SSSR count). The van der Waals surface area contributed by atoms with Crippen molar-refractivity contribution in [2.45, 2.75) is 0 Å². The number of anilines is 1. The van der Waals surface area contributed by atoms with Crippen molar-refractivity contribution >= 4 is 34.2 Å². The van der Waals surface area contributed by atoms with Gasteiger partial charge in [0, 0.05) is 6.54 Å². The van der Waals surface area contributed by atoms with Gasteiger partial charge in [-0.25, -0.2) is 9.59 Å². The van der Waals surface area contributed by atoms with Crippen LogP contribution in [0, 0.1) is 0 Å². The number of amides is 3. The highest BCUT2D eigenvalue weighted by Crippen LogP contribution is 2.22. The van der Waals surface area contributed by atoms with E-state index in [1.54, 1.807) is 5.38 Å². The molecule has 1 aromatic rings. The highest BCUT2D eigenvalue weighted by Gasteiger charge is 2.13. The van der Waals surface area contributed by atoms with Crippen LogP contribution in [0.4, 0.5) is 9.80 Å². The fraction of sp³-hybridized carbons (Fsp3) is 0.300. The van der Waals surface area contributed by atoms with E-state index in [-0.39, 0.29) is 30.3 Å². The molecule has 8 nitrogen and oxygen atoms in total. The normalized spacial score (nSPS) is 9.89. The molecule has 19 heavy (non-hydrogen) atoms. The summed E-state index contributed by atoms with van der Waals surface area (Å²) < 4.78 is 4.83. The van der Waals surface area contributed by atoms with Gasteiger partial charge in [-0.3, -0.25) is 10.1 Å².